The first-order chi connectivity index (χ1) is 11.2. The summed E-state index contributed by atoms with van der Waals surface area (Å²) in [5, 5.41) is 8.87. The highest BCUT2D eigenvalue weighted by Gasteiger charge is 2.48. The van der Waals surface area contributed by atoms with Crippen LogP contribution in [0, 0.1) is 22.7 Å². The number of benzene rings is 1. The number of carbonyl (C=O) groups is 1. The van der Waals surface area contributed by atoms with Crippen LogP contribution in [0.4, 0.5) is 0 Å². The Morgan fingerprint density at radius 3 is 2.70 bits per heavy atom. The minimum atomic E-state index is 0.0407. The van der Waals surface area contributed by atoms with Gasteiger partial charge in [0.05, 0.1) is 18.2 Å². The van der Waals surface area contributed by atoms with Gasteiger partial charge in [-0.05, 0) is 42.5 Å². The Hall–Kier alpha value is -1.90. The lowest BCUT2D eigenvalue weighted by Gasteiger charge is -2.37. The van der Waals surface area contributed by atoms with Gasteiger partial charge in [0, 0.05) is 44.9 Å². The molecule has 1 spiro atoms. The topological polar surface area (TPSA) is 62.6 Å². The van der Waals surface area contributed by atoms with Crippen molar-refractivity contribution in [2.45, 2.75) is 12.8 Å². The highest BCUT2D eigenvalue weighted by atomic mass is 16.5. The van der Waals surface area contributed by atoms with Crippen LogP contribution in [0.5, 0.6) is 0 Å². The molecule has 1 aromatic carbocycles. The summed E-state index contributed by atoms with van der Waals surface area (Å²) >= 11 is 0. The summed E-state index contributed by atoms with van der Waals surface area (Å²) in [6.45, 7) is 3.70. The Labute approximate surface area is 136 Å². The van der Waals surface area contributed by atoms with Gasteiger partial charge in [-0.1, -0.05) is 0 Å². The van der Waals surface area contributed by atoms with Crippen LogP contribution < -0.4 is 0 Å². The van der Waals surface area contributed by atoms with Crippen LogP contribution in [0.2, 0.25) is 0 Å². The number of nitriles is 1. The van der Waals surface area contributed by atoms with Crippen LogP contribution in [0.3, 0.4) is 0 Å². The van der Waals surface area contributed by atoms with E-state index in [4.69, 9.17) is 14.7 Å². The number of methoxy groups -OCH3 is 1. The number of hydrogen-bond acceptors (Lipinski definition) is 4. The Bertz CT molecular complexity index is 600. The number of hydrogen-bond donors (Lipinski definition) is 0. The van der Waals surface area contributed by atoms with Crippen molar-refractivity contribution in [3.05, 3.63) is 35.4 Å². The molecule has 5 nitrogen and oxygen atoms in total. The Kier molecular flexibility index (Phi) is 4.65. The van der Waals surface area contributed by atoms with Crippen molar-refractivity contribution >= 4 is 5.91 Å². The lowest BCUT2D eigenvalue weighted by Crippen LogP contribution is -2.39. The van der Waals surface area contributed by atoms with E-state index >= 15 is 0 Å². The zero-order valence-electron chi connectivity index (χ0n) is 13.5. The van der Waals surface area contributed by atoms with E-state index in [2.05, 4.69) is 6.07 Å². The fourth-order valence-corrected chi connectivity index (χ4v) is 3.83. The molecule has 23 heavy (non-hydrogen) atoms. The number of nitrogens with zero attached hydrogens (tertiary/aromatic N) is 2. The third kappa shape index (κ3) is 3.10. The first-order valence-corrected chi connectivity index (χ1v) is 8.05. The van der Waals surface area contributed by atoms with E-state index in [0.29, 0.717) is 23.7 Å². The van der Waals surface area contributed by atoms with E-state index in [1.807, 2.05) is 4.90 Å². The summed E-state index contributed by atoms with van der Waals surface area (Å²) in [4.78, 5) is 14.7. The molecular weight excluding hydrogens is 292 g/mol. The molecule has 2 aliphatic heterocycles. The van der Waals surface area contributed by atoms with Crippen molar-refractivity contribution in [1.82, 2.24) is 4.90 Å². The molecule has 2 fully saturated rings. The van der Waals surface area contributed by atoms with E-state index in [-0.39, 0.29) is 11.3 Å². The Morgan fingerprint density at radius 2 is 2.09 bits per heavy atom. The number of ether oxygens (including phenoxy) is 2. The summed E-state index contributed by atoms with van der Waals surface area (Å²) in [6.07, 6.45) is 1.97. The van der Waals surface area contributed by atoms with Crippen LogP contribution in [0.25, 0.3) is 0 Å². The van der Waals surface area contributed by atoms with E-state index in [1.54, 1.807) is 31.4 Å². The summed E-state index contributed by atoms with van der Waals surface area (Å²) < 4.78 is 10.9. The molecule has 0 unspecified atom stereocenters. The number of carbonyl (C=O) groups excluding carboxylic acids is 1. The lowest BCUT2D eigenvalue weighted by molar-refractivity contribution is -0.0169. The van der Waals surface area contributed by atoms with E-state index in [9.17, 15) is 4.79 Å². The molecule has 0 aliphatic carbocycles. The van der Waals surface area contributed by atoms with Crippen LogP contribution in [0.15, 0.2) is 24.3 Å². The number of amides is 1. The van der Waals surface area contributed by atoms with E-state index < -0.39 is 0 Å². The van der Waals surface area contributed by atoms with Gasteiger partial charge in [-0.25, -0.2) is 0 Å². The Balaban J connectivity index is 1.77. The van der Waals surface area contributed by atoms with Crippen LogP contribution in [-0.2, 0) is 9.47 Å². The van der Waals surface area contributed by atoms with Crippen molar-refractivity contribution in [3.63, 3.8) is 0 Å². The second kappa shape index (κ2) is 6.69. The summed E-state index contributed by atoms with van der Waals surface area (Å²) in [5.74, 6) is 0.401. The summed E-state index contributed by atoms with van der Waals surface area (Å²) in [5.41, 5.74) is 1.33. The predicted molar refractivity (Wildman–Crippen MR) is 84.9 cm³/mol. The van der Waals surface area contributed by atoms with Gasteiger partial charge in [0.1, 0.15) is 0 Å². The molecule has 0 N–H and O–H groups in total. The average molecular weight is 314 g/mol. The normalized spacial score (nSPS) is 23.0. The van der Waals surface area contributed by atoms with E-state index in [0.717, 1.165) is 39.1 Å². The molecule has 3 rings (SSSR count). The monoisotopic (exact) mass is 314 g/mol. The molecule has 0 aromatic heterocycles. The maximum Gasteiger partial charge on any atom is 0.253 e. The van der Waals surface area contributed by atoms with Crippen LogP contribution in [-0.4, -0.2) is 50.8 Å². The van der Waals surface area contributed by atoms with Gasteiger partial charge >= 0.3 is 0 Å². The van der Waals surface area contributed by atoms with Gasteiger partial charge in [0.2, 0.25) is 0 Å². The first-order valence-electron chi connectivity index (χ1n) is 8.05. The molecular formula is C18H22N2O3. The quantitative estimate of drug-likeness (QED) is 0.857. The Morgan fingerprint density at radius 1 is 1.39 bits per heavy atom. The van der Waals surface area contributed by atoms with Gasteiger partial charge in [-0.3, -0.25) is 4.79 Å². The van der Waals surface area contributed by atoms with Gasteiger partial charge in [-0.15, -0.1) is 0 Å². The van der Waals surface area contributed by atoms with Crippen molar-refractivity contribution in [1.29, 1.82) is 5.26 Å². The highest BCUT2D eigenvalue weighted by Crippen LogP contribution is 2.44. The van der Waals surface area contributed by atoms with Gasteiger partial charge in [0.25, 0.3) is 5.91 Å². The van der Waals surface area contributed by atoms with Gasteiger partial charge in [0.15, 0.2) is 0 Å². The molecule has 0 bridgehead atoms. The number of likely N-dealkylation sites (tertiary alicyclic amines) is 1. The molecule has 5 heteroatoms. The fraction of sp³-hybridized carbons (Fsp3) is 0.556. The van der Waals surface area contributed by atoms with Crippen LogP contribution >= 0.6 is 0 Å². The largest absolute Gasteiger partial charge is 0.384 e. The maximum absolute atomic E-state index is 12.8. The zero-order valence-corrected chi connectivity index (χ0v) is 13.5. The van der Waals surface area contributed by atoms with Crippen molar-refractivity contribution in [3.8, 4) is 6.07 Å². The zero-order chi connectivity index (χ0) is 16.3. The first kappa shape index (κ1) is 16.0. The minimum absolute atomic E-state index is 0.0407. The molecule has 1 amide bonds. The van der Waals surface area contributed by atoms with Gasteiger partial charge < -0.3 is 14.4 Å². The lowest BCUT2D eigenvalue weighted by atomic mass is 9.72. The second-order valence-corrected chi connectivity index (χ2v) is 6.50. The van der Waals surface area contributed by atoms with E-state index in [1.165, 1.54) is 0 Å². The molecule has 1 atom stereocenters. The van der Waals surface area contributed by atoms with Crippen molar-refractivity contribution in [2.75, 3.05) is 40.0 Å². The molecule has 2 saturated heterocycles. The predicted octanol–water partition coefficient (Wildman–Crippen LogP) is 2.07. The average Bonchev–Trinajstić information content (AvgIpc) is 2.93. The third-order valence-corrected chi connectivity index (χ3v) is 5.22. The smallest absolute Gasteiger partial charge is 0.253 e. The summed E-state index contributed by atoms with van der Waals surface area (Å²) in [7, 11) is 1.72. The van der Waals surface area contributed by atoms with Crippen molar-refractivity contribution < 1.29 is 14.3 Å². The second-order valence-electron chi connectivity index (χ2n) is 6.50. The highest BCUT2D eigenvalue weighted by molar-refractivity contribution is 5.94. The summed E-state index contributed by atoms with van der Waals surface area (Å²) in [6, 6.07) is 8.94. The SMILES string of the molecule is COC[C@@H]1CN(C(=O)c2ccc(C#N)cc2)CC12CCOCC2. The molecule has 122 valence electrons. The molecule has 2 aliphatic rings. The minimum Gasteiger partial charge on any atom is -0.384 e. The maximum atomic E-state index is 12.8. The fourth-order valence-electron chi connectivity index (χ4n) is 3.83. The van der Waals surface area contributed by atoms with Gasteiger partial charge in [-0.2, -0.15) is 5.26 Å². The molecule has 2 heterocycles. The van der Waals surface area contributed by atoms with Crippen molar-refractivity contribution in [2.24, 2.45) is 11.3 Å². The number of rotatable bonds is 3. The molecule has 1 aromatic rings. The third-order valence-electron chi connectivity index (χ3n) is 5.22. The molecule has 0 saturated carbocycles. The molecule has 0 radical (unpaired) electrons. The standard InChI is InChI=1S/C18H22N2O3/c1-22-12-16-11-20(13-18(16)6-8-23-9-7-18)17(21)15-4-2-14(10-19)3-5-15/h2-5,16H,6-9,11-13H2,1H3/t16-/m0/s1. The van der Waals surface area contributed by atoms with Crippen LogP contribution in [0.1, 0.15) is 28.8 Å².